The lowest BCUT2D eigenvalue weighted by Crippen LogP contribution is -1.99. The number of aliphatic hydroxyl groups is 1. The first kappa shape index (κ1) is 5.85. The average molecular weight is 139 g/mol. The lowest BCUT2D eigenvalue weighted by molar-refractivity contribution is 0.264. The molecular formula is C6H9N3O. The molecule has 4 heteroatoms. The summed E-state index contributed by atoms with van der Waals surface area (Å²) in [5.41, 5.74) is 0. The van der Waals surface area contributed by atoms with Gasteiger partial charge in [-0.25, -0.2) is 0 Å². The van der Waals surface area contributed by atoms with E-state index in [4.69, 9.17) is 5.11 Å². The predicted molar refractivity (Wildman–Crippen MR) is 34.2 cm³/mol. The number of hydrogen-bond donors (Lipinski definition) is 1. The smallest absolute Gasteiger partial charge is 0.158 e. The van der Waals surface area contributed by atoms with E-state index in [9.17, 15) is 0 Å². The highest BCUT2D eigenvalue weighted by Gasteiger charge is 2.25. The first-order valence-electron chi connectivity index (χ1n) is 3.41. The minimum Gasteiger partial charge on any atom is -0.388 e. The first-order valence-corrected chi connectivity index (χ1v) is 3.41. The quantitative estimate of drug-likeness (QED) is 0.632. The number of nitrogens with zero attached hydrogens (tertiary/aromatic N) is 3. The van der Waals surface area contributed by atoms with Crippen molar-refractivity contribution in [3.63, 3.8) is 0 Å². The van der Waals surface area contributed by atoms with Gasteiger partial charge in [0.25, 0.3) is 0 Å². The van der Waals surface area contributed by atoms with Crippen molar-refractivity contribution in [1.29, 1.82) is 0 Å². The molecule has 1 heterocycles. The molecule has 1 aliphatic carbocycles. The van der Waals surface area contributed by atoms with Crippen LogP contribution in [0.5, 0.6) is 0 Å². The van der Waals surface area contributed by atoms with Crippen molar-refractivity contribution in [3.05, 3.63) is 12.2 Å². The fraction of sp³-hybridized carbons (Fsp3) is 0.667. The van der Waals surface area contributed by atoms with Crippen LogP contribution in [0.25, 0.3) is 0 Å². The van der Waals surface area contributed by atoms with Crippen LogP contribution in [0.3, 0.4) is 0 Å². The van der Waals surface area contributed by atoms with Crippen LogP contribution in [-0.2, 0) is 6.61 Å². The lowest BCUT2D eigenvalue weighted by Gasteiger charge is -1.98. The van der Waals surface area contributed by atoms with Gasteiger partial charge in [-0.15, -0.1) is 10.2 Å². The lowest BCUT2D eigenvalue weighted by atomic mass is 10.6. The van der Waals surface area contributed by atoms with E-state index in [1.54, 1.807) is 6.33 Å². The Labute approximate surface area is 58.5 Å². The minimum absolute atomic E-state index is 0.00347. The molecule has 0 atom stereocenters. The molecule has 54 valence electrons. The van der Waals surface area contributed by atoms with Gasteiger partial charge >= 0.3 is 0 Å². The van der Waals surface area contributed by atoms with Gasteiger partial charge in [-0.2, -0.15) is 0 Å². The summed E-state index contributed by atoms with van der Waals surface area (Å²) in [7, 11) is 0. The van der Waals surface area contributed by atoms with Crippen LogP contribution in [0.4, 0.5) is 0 Å². The second-order valence-corrected chi connectivity index (χ2v) is 2.54. The number of hydrogen-bond acceptors (Lipinski definition) is 3. The Morgan fingerprint density at radius 1 is 1.70 bits per heavy atom. The zero-order valence-corrected chi connectivity index (χ0v) is 5.56. The summed E-state index contributed by atoms with van der Waals surface area (Å²) >= 11 is 0. The monoisotopic (exact) mass is 139 g/mol. The maximum atomic E-state index is 8.76. The summed E-state index contributed by atoms with van der Waals surface area (Å²) < 4.78 is 1.94. The predicted octanol–water partition coefficient (Wildman–Crippen LogP) is 0.105. The van der Waals surface area contributed by atoms with Crippen molar-refractivity contribution >= 4 is 0 Å². The highest BCUT2D eigenvalue weighted by molar-refractivity contribution is 4.92. The molecule has 0 aliphatic heterocycles. The second kappa shape index (κ2) is 2.05. The molecule has 1 aliphatic rings. The third-order valence-electron chi connectivity index (χ3n) is 1.73. The summed E-state index contributed by atoms with van der Waals surface area (Å²) in [4.78, 5) is 0. The van der Waals surface area contributed by atoms with E-state index < -0.39 is 0 Å². The molecule has 1 fully saturated rings. The summed E-state index contributed by atoms with van der Waals surface area (Å²) in [5, 5.41) is 16.2. The molecule has 0 aromatic carbocycles. The van der Waals surface area contributed by atoms with Gasteiger partial charge in [-0.3, -0.25) is 0 Å². The third kappa shape index (κ3) is 0.806. The largest absolute Gasteiger partial charge is 0.388 e. The summed E-state index contributed by atoms with van der Waals surface area (Å²) in [6.07, 6.45) is 4.08. The van der Waals surface area contributed by atoms with Crippen LogP contribution >= 0.6 is 0 Å². The Balaban J connectivity index is 2.28. The van der Waals surface area contributed by atoms with Crippen LogP contribution in [0.1, 0.15) is 24.7 Å². The maximum absolute atomic E-state index is 8.76. The molecule has 0 radical (unpaired) electrons. The van der Waals surface area contributed by atoms with E-state index >= 15 is 0 Å². The standard InChI is InChI=1S/C6H9N3O/c10-3-6-8-7-4-9(6)5-1-2-5/h4-5,10H,1-3H2. The van der Waals surface area contributed by atoms with Crippen LogP contribution in [-0.4, -0.2) is 19.9 Å². The summed E-state index contributed by atoms with van der Waals surface area (Å²) in [5.74, 6) is 0.683. The van der Waals surface area contributed by atoms with Crippen molar-refractivity contribution in [2.45, 2.75) is 25.5 Å². The molecule has 0 spiro atoms. The molecule has 1 saturated carbocycles. The zero-order chi connectivity index (χ0) is 6.97. The van der Waals surface area contributed by atoms with Crippen LogP contribution in [0.2, 0.25) is 0 Å². The summed E-state index contributed by atoms with van der Waals surface area (Å²) in [6.45, 7) is -0.00347. The Morgan fingerprint density at radius 3 is 3.10 bits per heavy atom. The molecule has 0 bridgehead atoms. The van der Waals surface area contributed by atoms with Gasteiger partial charge in [-0.1, -0.05) is 0 Å². The van der Waals surface area contributed by atoms with E-state index in [-0.39, 0.29) is 6.61 Å². The molecule has 1 aromatic heterocycles. The topological polar surface area (TPSA) is 50.9 Å². The highest BCUT2D eigenvalue weighted by atomic mass is 16.3. The van der Waals surface area contributed by atoms with Gasteiger partial charge in [0.05, 0.1) is 0 Å². The van der Waals surface area contributed by atoms with Crippen LogP contribution in [0, 0.1) is 0 Å². The zero-order valence-electron chi connectivity index (χ0n) is 5.56. The Hall–Kier alpha value is -0.900. The van der Waals surface area contributed by atoms with Crippen LogP contribution < -0.4 is 0 Å². The number of aromatic nitrogens is 3. The van der Waals surface area contributed by atoms with Gasteiger partial charge in [-0.05, 0) is 12.8 Å². The molecule has 0 saturated heterocycles. The van der Waals surface area contributed by atoms with Gasteiger partial charge in [0.15, 0.2) is 5.82 Å². The molecular weight excluding hydrogens is 130 g/mol. The van der Waals surface area contributed by atoms with Crippen molar-refractivity contribution in [2.75, 3.05) is 0 Å². The summed E-state index contributed by atoms with van der Waals surface area (Å²) in [6, 6.07) is 0.567. The van der Waals surface area contributed by atoms with Crippen molar-refractivity contribution in [2.24, 2.45) is 0 Å². The molecule has 1 N–H and O–H groups in total. The minimum atomic E-state index is -0.00347. The second-order valence-electron chi connectivity index (χ2n) is 2.54. The normalized spacial score (nSPS) is 17.7. The van der Waals surface area contributed by atoms with Crippen molar-refractivity contribution in [1.82, 2.24) is 14.8 Å². The van der Waals surface area contributed by atoms with Gasteiger partial charge < -0.3 is 9.67 Å². The molecule has 0 amide bonds. The number of aliphatic hydroxyl groups excluding tert-OH is 1. The van der Waals surface area contributed by atoms with E-state index in [0.29, 0.717) is 11.9 Å². The van der Waals surface area contributed by atoms with E-state index in [0.717, 1.165) is 0 Å². The van der Waals surface area contributed by atoms with Gasteiger partial charge in [0.1, 0.15) is 12.9 Å². The molecule has 0 unspecified atom stereocenters. The molecule has 4 nitrogen and oxygen atoms in total. The van der Waals surface area contributed by atoms with E-state index in [2.05, 4.69) is 10.2 Å². The Morgan fingerprint density at radius 2 is 2.50 bits per heavy atom. The van der Waals surface area contributed by atoms with E-state index in [1.807, 2.05) is 4.57 Å². The Kier molecular flexibility index (Phi) is 1.20. The third-order valence-corrected chi connectivity index (χ3v) is 1.73. The van der Waals surface area contributed by atoms with Gasteiger partial charge in [0.2, 0.25) is 0 Å². The van der Waals surface area contributed by atoms with Crippen LogP contribution in [0.15, 0.2) is 6.33 Å². The van der Waals surface area contributed by atoms with Gasteiger partial charge in [0, 0.05) is 6.04 Å². The highest BCUT2D eigenvalue weighted by Crippen LogP contribution is 2.34. The molecule has 10 heavy (non-hydrogen) atoms. The maximum Gasteiger partial charge on any atom is 0.158 e. The first-order chi connectivity index (χ1) is 4.92. The number of rotatable bonds is 2. The van der Waals surface area contributed by atoms with Crippen molar-refractivity contribution < 1.29 is 5.11 Å². The fourth-order valence-corrected chi connectivity index (χ4v) is 1.04. The van der Waals surface area contributed by atoms with Crippen molar-refractivity contribution in [3.8, 4) is 0 Å². The molecule has 1 aromatic rings. The van der Waals surface area contributed by atoms with E-state index in [1.165, 1.54) is 12.8 Å². The fourth-order valence-electron chi connectivity index (χ4n) is 1.04. The Bertz CT molecular complexity index is 229. The average Bonchev–Trinajstić information content (AvgIpc) is 2.69. The molecule has 2 rings (SSSR count). The SMILES string of the molecule is OCc1nncn1C1CC1.